The second kappa shape index (κ2) is 27.7. The van der Waals surface area contributed by atoms with E-state index in [0.717, 1.165) is 6.92 Å². The summed E-state index contributed by atoms with van der Waals surface area (Å²) in [5.41, 5.74) is 0.575. The molecule has 0 aliphatic carbocycles. The van der Waals surface area contributed by atoms with Crippen molar-refractivity contribution in [1.29, 1.82) is 0 Å². The van der Waals surface area contributed by atoms with E-state index in [4.69, 9.17) is 47.4 Å². The van der Waals surface area contributed by atoms with Crippen LogP contribution in [0.3, 0.4) is 0 Å². The fourth-order valence-electron chi connectivity index (χ4n) is 8.83. The maximum absolute atomic E-state index is 14.5. The van der Waals surface area contributed by atoms with Gasteiger partial charge in [-0.3, -0.25) is 0 Å². The molecule has 0 unspecified atom stereocenters. The first-order valence-electron chi connectivity index (χ1n) is 25.8. The van der Waals surface area contributed by atoms with E-state index in [2.05, 4.69) is 0 Å². The average molecular weight is 1180 g/mol. The molecular formula is C63H52O18Se. The van der Waals surface area contributed by atoms with Gasteiger partial charge in [0.05, 0.1) is 0 Å². The summed E-state index contributed by atoms with van der Waals surface area (Å²) in [6.45, 7) is -0.246. The molecule has 18 nitrogen and oxygen atoms in total. The van der Waals surface area contributed by atoms with Gasteiger partial charge in [0.2, 0.25) is 0 Å². The van der Waals surface area contributed by atoms with Crippen molar-refractivity contribution in [1.82, 2.24) is 0 Å². The molecule has 82 heavy (non-hydrogen) atoms. The second-order valence-electron chi connectivity index (χ2n) is 18.4. The molecule has 2 heterocycles. The van der Waals surface area contributed by atoms with Crippen molar-refractivity contribution in [2.24, 2.45) is 0 Å². The normalized spacial score (nSPS) is 21.9. The van der Waals surface area contributed by atoms with Gasteiger partial charge in [0.15, 0.2) is 0 Å². The Kier molecular flexibility index (Phi) is 19.4. The zero-order chi connectivity index (χ0) is 57.4. The van der Waals surface area contributed by atoms with Gasteiger partial charge in [-0.05, 0) is 0 Å². The van der Waals surface area contributed by atoms with Gasteiger partial charge in [-0.2, -0.15) is 0 Å². The molecule has 19 heteroatoms. The SMILES string of the molecule is CC(=O)O[C@H]1[C@@H](OC(=O)c2ccccc2)[C@H](OC(=O)c2ccccc2)[C@@H](COC(=O)c2ccccc2)O[C@@H]1[Se][C@@H]1O[C@H](COC(=O)c2ccccc2)[C@@H](OC(=O)c2ccccc2)[C@H](OC(=O)c2ccccc2)[C@H]1OC(=O)c1ccccc1. The van der Waals surface area contributed by atoms with Crippen LogP contribution in [0.4, 0.5) is 0 Å². The zero-order valence-corrected chi connectivity index (χ0v) is 45.4. The van der Waals surface area contributed by atoms with Crippen LogP contribution in [0.25, 0.3) is 0 Å². The molecule has 0 spiro atoms. The molecule has 9 rings (SSSR count). The van der Waals surface area contributed by atoms with E-state index in [1.807, 2.05) is 0 Å². The van der Waals surface area contributed by atoms with Crippen LogP contribution < -0.4 is 0 Å². The average Bonchev–Trinajstić information content (AvgIpc) is 3.46. The van der Waals surface area contributed by atoms with Crippen molar-refractivity contribution in [3.8, 4) is 0 Å². The summed E-state index contributed by atoms with van der Waals surface area (Å²) in [5.74, 6) is -7.24. The number of benzene rings is 7. The van der Waals surface area contributed by atoms with E-state index in [0.29, 0.717) is 0 Å². The Labute approximate surface area is 476 Å². The molecular weight excluding hydrogens is 1120 g/mol. The van der Waals surface area contributed by atoms with Crippen molar-refractivity contribution in [3.05, 3.63) is 251 Å². The third kappa shape index (κ3) is 14.7. The molecule has 10 atom stereocenters. The number of carbonyl (C=O) groups is 8. The number of ether oxygens (including phenoxy) is 10. The van der Waals surface area contributed by atoms with E-state index >= 15 is 0 Å². The predicted octanol–water partition coefficient (Wildman–Crippen LogP) is 7.91. The Bertz CT molecular complexity index is 3300. The summed E-state index contributed by atoms with van der Waals surface area (Å²) < 4.78 is 62.9. The fraction of sp³-hybridized carbons (Fsp3) is 0.206. The van der Waals surface area contributed by atoms with Crippen molar-refractivity contribution in [2.45, 2.75) is 65.8 Å². The predicted molar refractivity (Wildman–Crippen MR) is 290 cm³/mol. The summed E-state index contributed by atoms with van der Waals surface area (Å²) in [4.78, 5) is 113. The molecule has 0 amide bonds. The van der Waals surface area contributed by atoms with E-state index in [9.17, 15) is 38.4 Å². The Morgan fingerprint density at radius 2 is 0.524 bits per heavy atom. The quantitative estimate of drug-likeness (QED) is 0.0425. The first-order chi connectivity index (χ1) is 39.9. The van der Waals surface area contributed by atoms with Crippen LogP contribution in [0.15, 0.2) is 212 Å². The third-order valence-electron chi connectivity index (χ3n) is 12.8. The Morgan fingerprint density at radius 1 is 0.305 bits per heavy atom. The van der Waals surface area contributed by atoms with Crippen LogP contribution in [0.2, 0.25) is 0 Å². The van der Waals surface area contributed by atoms with Crippen LogP contribution in [0, 0.1) is 0 Å². The van der Waals surface area contributed by atoms with Gasteiger partial charge < -0.3 is 0 Å². The Hall–Kier alpha value is -9.26. The van der Waals surface area contributed by atoms with Crippen LogP contribution >= 0.6 is 0 Å². The van der Waals surface area contributed by atoms with Gasteiger partial charge in [0, 0.05) is 0 Å². The first kappa shape index (κ1) is 57.4. The maximum atomic E-state index is 14.5. The van der Waals surface area contributed by atoms with Gasteiger partial charge in [0.1, 0.15) is 0 Å². The molecule has 7 aromatic carbocycles. The van der Waals surface area contributed by atoms with Crippen molar-refractivity contribution >= 4 is 62.7 Å². The van der Waals surface area contributed by atoms with E-state index < -0.39 is 135 Å². The van der Waals surface area contributed by atoms with Crippen LogP contribution in [0.5, 0.6) is 0 Å². The summed E-state index contributed by atoms with van der Waals surface area (Å²) in [7, 11) is 0. The standard InChI is InChI=1S/C63H52O18Se/c1-39(64)74-53-51(79-59(69)44-31-17-6-18-32-44)49(77-57(67)42-27-13-4-14-28-42)47(37-72-55(65)40-23-9-2-10-24-40)75-62(53)82-63-54(81-61(71)46-35-21-8-22-36-46)52(80-60(70)45-33-19-7-20-34-45)50(78-58(68)43-29-15-5-16-30-43)48(76-63)38-73-56(66)41-25-11-3-12-26-41/h2-36,47-54,62-63H,37-38H2,1H3/t47-,48-,49-,50-,51+,52+,53+,54-,62-,63+/m1/s1. The number of esters is 8. The molecule has 0 radical (unpaired) electrons. The number of hydrogen-bond donors (Lipinski definition) is 0. The third-order valence-corrected chi connectivity index (χ3v) is 15.5. The summed E-state index contributed by atoms with van der Waals surface area (Å²) >= 11 is -1.47. The molecule has 2 aliphatic rings. The molecule has 418 valence electrons. The number of carbonyl (C=O) groups excluding carboxylic acids is 8. The molecule has 7 aromatic rings. The Morgan fingerprint density at radius 3 is 0.780 bits per heavy atom. The number of rotatable bonds is 19. The minimum absolute atomic E-state index is 0.0431. The second-order valence-corrected chi connectivity index (χ2v) is 20.9. The van der Waals surface area contributed by atoms with E-state index in [1.54, 1.807) is 127 Å². The molecule has 0 N–H and O–H groups in total. The molecule has 0 saturated carbocycles. The van der Waals surface area contributed by atoms with Gasteiger partial charge >= 0.3 is 479 Å². The van der Waals surface area contributed by atoms with Gasteiger partial charge in [-0.15, -0.1) is 0 Å². The van der Waals surface area contributed by atoms with Crippen molar-refractivity contribution in [3.63, 3.8) is 0 Å². The van der Waals surface area contributed by atoms with Gasteiger partial charge in [-0.1, -0.05) is 0 Å². The minimum atomic E-state index is -1.79. The zero-order valence-electron chi connectivity index (χ0n) is 43.7. The van der Waals surface area contributed by atoms with Crippen LogP contribution in [0.1, 0.15) is 79.4 Å². The summed E-state index contributed by atoms with van der Waals surface area (Å²) in [6.07, 6.45) is -13.5. The van der Waals surface area contributed by atoms with Crippen molar-refractivity contribution < 1.29 is 85.7 Å². The van der Waals surface area contributed by atoms with Gasteiger partial charge in [0.25, 0.3) is 0 Å². The monoisotopic (exact) mass is 1180 g/mol. The van der Waals surface area contributed by atoms with Gasteiger partial charge in [-0.25, -0.2) is 0 Å². The molecule has 0 aromatic heterocycles. The molecule has 2 fully saturated rings. The van der Waals surface area contributed by atoms with E-state index in [-0.39, 0.29) is 38.9 Å². The van der Waals surface area contributed by atoms with E-state index in [1.165, 1.54) is 84.9 Å². The van der Waals surface area contributed by atoms with Crippen LogP contribution in [-0.2, 0) is 52.2 Å². The topological polar surface area (TPSA) is 229 Å². The molecule has 2 aliphatic heterocycles. The summed E-state index contributed by atoms with van der Waals surface area (Å²) in [5, 5.41) is -3.05. The molecule has 2 saturated heterocycles. The van der Waals surface area contributed by atoms with Crippen LogP contribution in [-0.4, -0.2) is 135 Å². The molecule has 0 bridgehead atoms. The van der Waals surface area contributed by atoms with Crippen molar-refractivity contribution in [2.75, 3.05) is 13.2 Å². The fourth-order valence-corrected chi connectivity index (χ4v) is 11.8. The number of hydrogen-bond acceptors (Lipinski definition) is 18. The first-order valence-corrected chi connectivity index (χ1v) is 27.8. The summed E-state index contributed by atoms with van der Waals surface area (Å²) in [6, 6.07) is 55.0. The Balaban J connectivity index is 1.18.